The van der Waals surface area contributed by atoms with Gasteiger partial charge in [-0.25, -0.2) is 4.98 Å². The first-order valence-electron chi connectivity index (χ1n) is 5.65. The molecule has 0 radical (unpaired) electrons. The van der Waals surface area contributed by atoms with E-state index in [4.69, 9.17) is 16.7 Å². The van der Waals surface area contributed by atoms with Gasteiger partial charge < -0.3 is 10.4 Å². The Morgan fingerprint density at radius 2 is 2.21 bits per heavy atom. The molecule has 1 heterocycles. The van der Waals surface area contributed by atoms with Crippen LogP contribution in [-0.2, 0) is 9.59 Å². The standard InChI is InChI=1S/C12H9ClN2O3S/c13-7-2-1-3-8-9(7)14-12(19-8)15-10(16)5-4-6(5)11(17)18/h1-3,5-6H,4H2,(H,17,18)(H,14,15,16)/t5-,6-/m1/s1. The van der Waals surface area contributed by atoms with Gasteiger partial charge in [0.1, 0.15) is 5.52 Å². The highest BCUT2D eigenvalue weighted by molar-refractivity contribution is 7.22. The highest BCUT2D eigenvalue weighted by Crippen LogP contribution is 2.40. The highest BCUT2D eigenvalue weighted by atomic mass is 35.5. The number of carbonyl (C=O) groups is 2. The van der Waals surface area contributed by atoms with Crippen LogP contribution in [0.1, 0.15) is 6.42 Å². The Balaban J connectivity index is 1.77. The molecule has 1 amide bonds. The number of thiazole rings is 1. The Hall–Kier alpha value is -1.66. The van der Waals surface area contributed by atoms with Gasteiger partial charge in [0, 0.05) is 0 Å². The molecule has 7 heteroatoms. The lowest BCUT2D eigenvalue weighted by Crippen LogP contribution is -2.16. The fraction of sp³-hybridized carbons (Fsp3) is 0.250. The van der Waals surface area contributed by atoms with E-state index in [0.29, 0.717) is 22.1 Å². The Morgan fingerprint density at radius 1 is 1.42 bits per heavy atom. The number of carbonyl (C=O) groups excluding carboxylic acids is 1. The molecule has 1 saturated carbocycles. The normalized spacial score (nSPS) is 21.3. The molecule has 0 saturated heterocycles. The molecule has 5 nitrogen and oxygen atoms in total. The molecule has 19 heavy (non-hydrogen) atoms. The SMILES string of the molecule is O=C(O)[C@@H]1C[C@H]1C(=O)Nc1nc2c(Cl)cccc2s1. The van der Waals surface area contributed by atoms with Crippen LogP contribution in [-0.4, -0.2) is 22.0 Å². The maximum atomic E-state index is 11.8. The van der Waals surface area contributed by atoms with E-state index < -0.39 is 17.8 Å². The summed E-state index contributed by atoms with van der Waals surface area (Å²) in [5.74, 6) is -2.21. The Bertz CT molecular complexity index is 685. The van der Waals surface area contributed by atoms with Crippen LogP contribution in [0.3, 0.4) is 0 Å². The van der Waals surface area contributed by atoms with Crippen molar-refractivity contribution in [3.63, 3.8) is 0 Å². The van der Waals surface area contributed by atoms with Crippen molar-refractivity contribution in [3.8, 4) is 0 Å². The average molecular weight is 297 g/mol. The van der Waals surface area contributed by atoms with Crippen molar-refractivity contribution in [1.82, 2.24) is 4.98 Å². The van der Waals surface area contributed by atoms with Crippen molar-refractivity contribution in [2.45, 2.75) is 6.42 Å². The molecule has 1 aliphatic rings. The molecule has 1 fully saturated rings. The predicted octanol–water partition coefficient (Wildman–Crippen LogP) is 2.61. The maximum absolute atomic E-state index is 11.8. The Morgan fingerprint density at radius 3 is 2.84 bits per heavy atom. The third-order valence-corrected chi connectivity index (χ3v) is 4.29. The van der Waals surface area contributed by atoms with Gasteiger partial charge in [-0.05, 0) is 18.6 Å². The number of nitrogens with zero attached hydrogens (tertiary/aromatic N) is 1. The summed E-state index contributed by atoms with van der Waals surface area (Å²) in [4.78, 5) is 26.8. The summed E-state index contributed by atoms with van der Waals surface area (Å²) in [6, 6.07) is 5.41. The first-order chi connectivity index (χ1) is 9.06. The number of rotatable bonds is 3. The molecular weight excluding hydrogens is 288 g/mol. The molecule has 0 bridgehead atoms. The van der Waals surface area contributed by atoms with Crippen LogP contribution in [0.5, 0.6) is 0 Å². The number of anilines is 1. The number of aliphatic carboxylic acids is 1. The summed E-state index contributed by atoms with van der Waals surface area (Å²) >= 11 is 7.32. The summed E-state index contributed by atoms with van der Waals surface area (Å²) in [7, 11) is 0. The van der Waals surface area contributed by atoms with E-state index in [1.165, 1.54) is 11.3 Å². The summed E-state index contributed by atoms with van der Waals surface area (Å²) in [6.07, 6.45) is 0.396. The zero-order valence-electron chi connectivity index (χ0n) is 9.59. The van der Waals surface area contributed by atoms with Gasteiger partial charge in [-0.3, -0.25) is 9.59 Å². The minimum absolute atomic E-state index is 0.289. The van der Waals surface area contributed by atoms with Crippen LogP contribution >= 0.6 is 22.9 Å². The number of para-hydroxylation sites is 1. The zero-order chi connectivity index (χ0) is 13.6. The van der Waals surface area contributed by atoms with Crippen molar-refractivity contribution in [2.24, 2.45) is 11.8 Å². The number of amides is 1. The van der Waals surface area contributed by atoms with Crippen LogP contribution in [0.4, 0.5) is 5.13 Å². The number of aromatic nitrogens is 1. The van der Waals surface area contributed by atoms with Crippen molar-refractivity contribution in [3.05, 3.63) is 23.2 Å². The number of hydrogen-bond donors (Lipinski definition) is 2. The summed E-state index contributed by atoms with van der Waals surface area (Å²) < 4.78 is 0.883. The lowest BCUT2D eigenvalue weighted by molar-refractivity contribution is -0.139. The van der Waals surface area contributed by atoms with Gasteiger partial charge in [0.05, 0.1) is 21.6 Å². The van der Waals surface area contributed by atoms with Crippen LogP contribution in [0.25, 0.3) is 10.2 Å². The topological polar surface area (TPSA) is 79.3 Å². The number of fused-ring (bicyclic) bond motifs is 1. The van der Waals surface area contributed by atoms with E-state index in [1.807, 2.05) is 12.1 Å². The van der Waals surface area contributed by atoms with Crippen LogP contribution < -0.4 is 5.32 Å². The van der Waals surface area contributed by atoms with Gasteiger partial charge in [-0.2, -0.15) is 0 Å². The van der Waals surface area contributed by atoms with Crippen molar-refractivity contribution in [2.75, 3.05) is 5.32 Å². The molecule has 1 aromatic heterocycles. The van der Waals surface area contributed by atoms with Crippen molar-refractivity contribution in [1.29, 1.82) is 0 Å². The second-order valence-corrected chi connectivity index (χ2v) is 5.82. The smallest absolute Gasteiger partial charge is 0.307 e. The lowest BCUT2D eigenvalue weighted by atomic mass is 10.3. The molecule has 1 aliphatic carbocycles. The van der Waals surface area contributed by atoms with Gasteiger partial charge in [-0.15, -0.1) is 0 Å². The first kappa shape index (κ1) is 12.4. The molecule has 0 spiro atoms. The largest absolute Gasteiger partial charge is 0.481 e. The summed E-state index contributed by atoms with van der Waals surface area (Å²) in [5, 5.41) is 12.4. The van der Waals surface area contributed by atoms with Crippen LogP contribution in [0, 0.1) is 11.8 Å². The van der Waals surface area contributed by atoms with E-state index in [9.17, 15) is 9.59 Å². The number of benzene rings is 1. The lowest BCUT2D eigenvalue weighted by Gasteiger charge is -1.98. The number of carboxylic acids is 1. The second-order valence-electron chi connectivity index (χ2n) is 4.38. The van der Waals surface area contributed by atoms with E-state index in [2.05, 4.69) is 10.3 Å². The quantitative estimate of drug-likeness (QED) is 0.912. The number of nitrogens with one attached hydrogen (secondary N) is 1. The molecular formula is C12H9ClN2O3S. The molecule has 2 N–H and O–H groups in total. The minimum atomic E-state index is -0.924. The van der Waals surface area contributed by atoms with E-state index in [-0.39, 0.29) is 5.91 Å². The van der Waals surface area contributed by atoms with Crippen LogP contribution in [0.15, 0.2) is 18.2 Å². The second kappa shape index (κ2) is 4.47. The monoisotopic (exact) mass is 296 g/mol. The van der Waals surface area contributed by atoms with E-state index >= 15 is 0 Å². The highest BCUT2D eigenvalue weighted by Gasteiger charge is 2.48. The van der Waals surface area contributed by atoms with Gasteiger partial charge >= 0.3 is 5.97 Å². The fourth-order valence-corrected chi connectivity index (χ4v) is 3.09. The Kier molecular flexibility index (Phi) is 2.91. The van der Waals surface area contributed by atoms with Gasteiger partial charge in [0.15, 0.2) is 5.13 Å². The zero-order valence-corrected chi connectivity index (χ0v) is 11.2. The van der Waals surface area contributed by atoms with E-state index in [1.54, 1.807) is 6.07 Å². The van der Waals surface area contributed by atoms with Gasteiger partial charge in [-0.1, -0.05) is 29.0 Å². The average Bonchev–Trinajstić information content (AvgIpc) is 3.05. The molecule has 1 aromatic carbocycles. The third-order valence-electron chi connectivity index (χ3n) is 3.04. The Labute approximate surface area is 117 Å². The number of carboxylic acid groups (broad SMARTS) is 1. The predicted molar refractivity (Wildman–Crippen MR) is 72.5 cm³/mol. The van der Waals surface area contributed by atoms with Crippen molar-refractivity contribution < 1.29 is 14.7 Å². The van der Waals surface area contributed by atoms with Crippen molar-refractivity contribution >= 4 is 50.2 Å². The maximum Gasteiger partial charge on any atom is 0.307 e. The van der Waals surface area contributed by atoms with Gasteiger partial charge in [0.25, 0.3) is 0 Å². The molecule has 98 valence electrons. The summed E-state index contributed by atoms with van der Waals surface area (Å²) in [6.45, 7) is 0. The molecule has 2 atom stereocenters. The molecule has 3 rings (SSSR count). The number of hydrogen-bond acceptors (Lipinski definition) is 4. The number of halogens is 1. The van der Waals surface area contributed by atoms with Gasteiger partial charge in [0.2, 0.25) is 5.91 Å². The van der Waals surface area contributed by atoms with E-state index in [0.717, 1.165) is 4.70 Å². The summed E-state index contributed by atoms with van der Waals surface area (Å²) in [5.41, 5.74) is 0.648. The molecule has 0 aliphatic heterocycles. The van der Waals surface area contributed by atoms with Crippen LogP contribution in [0.2, 0.25) is 5.02 Å². The fourth-order valence-electron chi connectivity index (χ4n) is 1.92. The third kappa shape index (κ3) is 2.29. The first-order valence-corrected chi connectivity index (χ1v) is 6.84. The minimum Gasteiger partial charge on any atom is -0.481 e. The molecule has 2 aromatic rings. The molecule has 0 unspecified atom stereocenters.